The minimum Gasteiger partial charge on any atom is -0.465 e. The summed E-state index contributed by atoms with van der Waals surface area (Å²) in [5.41, 5.74) is 0.777. The molecule has 0 saturated carbocycles. The molecule has 0 spiro atoms. The summed E-state index contributed by atoms with van der Waals surface area (Å²) in [7, 11) is 0. The Morgan fingerprint density at radius 3 is 2.60 bits per heavy atom. The lowest BCUT2D eigenvalue weighted by Crippen LogP contribution is -2.14. The van der Waals surface area contributed by atoms with E-state index >= 15 is 0 Å². The van der Waals surface area contributed by atoms with Crippen molar-refractivity contribution in [3.8, 4) is 0 Å². The minimum atomic E-state index is -0.250. The van der Waals surface area contributed by atoms with Crippen molar-refractivity contribution in [3.05, 3.63) is 10.1 Å². The van der Waals surface area contributed by atoms with Gasteiger partial charge < -0.3 is 4.74 Å². The van der Waals surface area contributed by atoms with Crippen molar-refractivity contribution in [1.82, 2.24) is 0 Å². The molecule has 0 N–H and O–H groups in total. The number of halogens is 2. The van der Waals surface area contributed by atoms with Crippen LogP contribution >= 0.6 is 23.2 Å². The molecular weight excluding hydrogens is 175 g/mol. The molecule has 2 nitrogen and oxygen atoms in total. The van der Waals surface area contributed by atoms with E-state index in [2.05, 4.69) is 4.74 Å². The summed E-state index contributed by atoms with van der Waals surface area (Å²) in [6.45, 7) is 0.400. The maximum absolute atomic E-state index is 10.6. The van der Waals surface area contributed by atoms with Crippen molar-refractivity contribution in [2.24, 2.45) is 0 Å². The lowest BCUT2D eigenvalue weighted by Gasteiger charge is -2.13. The van der Waals surface area contributed by atoms with Gasteiger partial charge in [-0.25, -0.2) is 0 Å². The molecule has 0 aliphatic carbocycles. The summed E-state index contributed by atoms with van der Waals surface area (Å²) in [6, 6.07) is 0. The summed E-state index contributed by atoms with van der Waals surface area (Å²) in [6.07, 6.45) is 0.899. The zero-order valence-electron chi connectivity index (χ0n) is 5.19. The maximum atomic E-state index is 10.6. The molecule has 1 aliphatic heterocycles. The molecule has 0 bridgehead atoms. The number of rotatable bonds is 0. The molecule has 56 valence electrons. The van der Waals surface area contributed by atoms with E-state index in [4.69, 9.17) is 23.2 Å². The Hall–Kier alpha value is -0.210. The standard InChI is InChI=1S/C6H6Cl2O2/c7-6(8)4-1-2-10-5(9)3-4/h1-3H2. The molecule has 1 rings (SSSR count). The Kier molecular flexibility index (Phi) is 2.57. The van der Waals surface area contributed by atoms with Crippen LogP contribution in [0.15, 0.2) is 10.1 Å². The Balaban J connectivity index is 2.64. The van der Waals surface area contributed by atoms with Gasteiger partial charge >= 0.3 is 5.97 Å². The average Bonchev–Trinajstić information content (AvgIpc) is 1.88. The molecule has 0 radical (unpaired) electrons. The topological polar surface area (TPSA) is 26.3 Å². The van der Waals surface area contributed by atoms with E-state index in [1.54, 1.807) is 0 Å². The van der Waals surface area contributed by atoms with Gasteiger partial charge in [-0.1, -0.05) is 23.2 Å². The zero-order valence-corrected chi connectivity index (χ0v) is 6.71. The van der Waals surface area contributed by atoms with Crippen LogP contribution < -0.4 is 0 Å². The Bertz CT molecular complexity index is 182. The quantitative estimate of drug-likeness (QED) is 0.534. The first-order valence-electron chi connectivity index (χ1n) is 2.89. The van der Waals surface area contributed by atoms with E-state index in [1.807, 2.05) is 0 Å². The molecule has 0 aromatic rings. The van der Waals surface area contributed by atoms with Gasteiger partial charge in [0.1, 0.15) is 4.49 Å². The molecule has 0 unspecified atom stereocenters. The van der Waals surface area contributed by atoms with E-state index in [0.29, 0.717) is 13.0 Å². The molecule has 1 aliphatic rings. The van der Waals surface area contributed by atoms with E-state index in [9.17, 15) is 4.79 Å². The highest BCUT2D eigenvalue weighted by Crippen LogP contribution is 2.23. The predicted molar refractivity (Wildman–Crippen MR) is 38.9 cm³/mol. The molecule has 1 fully saturated rings. The molecule has 0 atom stereocenters. The van der Waals surface area contributed by atoms with Crippen molar-refractivity contribution in [1.29, 1.82) is 0 Å². The molecule has 4 heteroatoms. The number of ether oxygens (including phenoxy) is 1. The number of hydrogen-bond donors (Lipinski definition) is 0. The first-order chi connectivity index (χ1) is 4.70. The lowest BCUT2D eigenvalue weighted by atomic mass is 10.1. The van der Waals surface area contributed by atoms with Crippen LogP contribution in [-0.2, 0) is 9.53 Å². The van der Waals surface area contributed by atoms with E-state index < -0.39 is 0 Å². The van der Waals surface area contributed by atoms with Gasteiger partial charge in [-0.15, -0.1) is 0 Å². The molecule has 0 aromatic carbocycles. The number of esters is 1. The summed E-state index contributed by atoms with van der Waals surface area (Å²) in [5.74, 6) is -0.250. The fourth-order valence-electron chi connectivity index (χ4n) is 0.763. The van der Waals surface area contributed by atoms with Crippen molar-refractivity contribution in [3.63, 3.8) is 0 Å². The van der Waals surface area contributed by atoms with E-state index in [-0.39, 0.29) is 16.9 Å². The number of cyclic esters (lactones) is 1. The molecule has 10 heavy (non-hydrogen) atoms. The highest BCUT2D eigenvalue weighted by atomic mass is 35.5. The van der Waals surface area contributed by atoms with Crippen LogP contribution in [0.2, 0.25) is 0 Å². The fourth-order valence-corrected chi connectivity index (χ4v) is 1.09. The van der Waals surface area contributed by atoms with Gasteiger partial charge in [0.05, 0.1) is 13.0 Å². The smallest absolute Gasteiger partial charge is 0.310 e. The van der Waals surface area contributed by atoms with Crippen molar-refractivity contribution in [2.75, 3.05) is 6.61 Å². The van der Waals surface area contributed by atoms with Crippen LogP contribution in [0.25, 0.3) is 0 Å². The molecule has 0 amide bonds. The van der Waals surface area contributed by atoms with Crippen LogP contribution in [0.4, 0.5) is 0 Å². The Labute approximate surface area is 68.8 Å². The van der Waals surface area contributed by atoms with Crippen LogP contribution in [0, 0.1) is 0 Å². The van der Waals surface area contributed by atoms with Gasteiger partial charge in [0.15, 0.2) is 0 Å². The summed E-state index contributed by atoms with van der Waals surface area (Å²) < 4.78 is 4.87. The summed E-state index contributed by atoms with van der Waals surface area (Å²) in [4.78, 5) is 10.6. The highest BCUT2D eigenvalue weighted by Gasteiger charge is 2.16. The van der Waals surface area contributed by atoms with Crippen molar-refractivity contribution in [2.45, 2.75) is 12.8 Å². The normalized spacial score (nSPS) is 18.6. The third-order valence-corrected chi connectivity index (χ3v) is 1.83. The number of hydrogen-bond acceptors (Lipinski definition) is 2. The first kappa shape index (κ1) is 7.89. The van der Waals surface area contributed by atoms with E-state index in [0.717, 1.165) is 5.57 Å². The van der Waals surface area contributed by atoms with Crippen LogP contribution in [0.3, 0.4) is 0 Å². The second-order valence-electron chi connectivity index (χ2n) is 2.01. The predicted octanol–water partition coefficient (Wildman–Crippen LogP) is 2.01. The Morgan fingerprint density at radius 1 is 1.50 bits per heavy atom. The number of carbonyl (C=O) groups excluding carboxylic acids is 1. The third kappa shape index (κ3) is 1.89. The SMILES string of the molecule is O=C1CC(=C(Cl)Cl)CCO1. The second-order valence-corrected chi connectivity index (χ2v) is 2.96. The van der Waals surface area contributed by atoms with Gasteiger partial charge in [-0.3, -0.25) is 4.79 Å². The monoisotopic (exact) mass is 180 g/mol. The van der Waals surface area contributed by atoms with Gasteiger partial charge in [0.2, 0.25) is 0 Å². The molecule has 1 heterocycles. The van der Waals surface area contributed by atoms with Crippen molar-refractivity contribution >= 4 is 29.2 Å². The summed E-state index contributed by atoms with van der Waals surface area (Å²) in [5, 5.41) is 0. The lowest BCUT2D eigenvalue weighted by molar-refractivity contribution is -0.144. The first-order valence-corrected chi connectivity index (χ1v) is 3.64. The van der Waals surface area contributed by atoms with Crippen LogP contribution in [-0.4, -0.2) is 12.6 Å². The minimum absolute atomic E-state index is 0.205. The van der Waals surface area contributed by atoms with Gasteiger partial charge in [-0.2, -0.15) is 0 Å². The average molecular weight is 181 g/mol. The van der Waals surface area contributed by atoms with E-state index in [1.165, 1.54) is 0 Å². The Morgan fingerprint density at radius 2 is 2.20 bits per heavy atom. The summed E-state index contributed by atoms with van der Waals surface area (Å²) >= 11 is 10.9. The van der Waals surface area contributed by atoms with Crippen LogP contribution in [0.5, 0.6) is 0 Å². The zero-order chi connectivity index (χ0) is 7.56. The molecule has 0 aromatic heterocycles. The van der Waals surface area contributed by atoms with Crippen molar-refractivity contribution < 1.29 is 9.53 Å². The second kappa shape index (κ2) is 3.26. The number of carbonyl (C=O) groups is 1. The molecular formula is C6H6Cl2O2. The fraction of sp³-hybridized carbons (Fsp3) is 0.500. The van der Waals surface area contributed by atoms with Gasteiger partial charge in [0, 0.05) is 6.42 Å². The van der Waals surface area contributed by atoms with Gasteiger partial charge in [-0.05, 0) is 5.57 Å². The maximum Gasteiger partial charge on any atom is 0.310 e. The molecule has 1 saturated heterocycles. The van der Waals surface area contributed by atoms with Gasteiger partial charge in [0.25, 0.3) is 0 Å². The van der Waals surface area contributed by atoms with Crippen LogP contribution in [0.1, 0.15) is 12.8 Å². The highest BCUT2D eigenvalue weighted by molar-refractivity contribution is 6.56. The largest absolute Gasteiger partial charge is 0.465 e. The third-order valence-electron chi connectivity index (χ3n) is 1.29.